The summed E-state index contributed by atoms with van der Waals surface area (Å²) in [6.07, 6.45) is 2.59. The molecule has 0 unspecified atom stereocenters. The molecule has 2 atom stereocenters. The minimum atomic E-state index is -0.572. The Kier molecular flexibility index (Phi) is 3.13. The maximum atomic E-state index is 12.9. The number of hydrogen-bond acceptors (Lipinski definition) is 3. The molecule has 2 bridgehead atoms. The summed E-state index contributed by atoms with van der Waals surface area (Å²) in [5.74, 6) is 0.316. The maximum Gasteiger partial charge on any atom is 0.292 e. The van der Waals surface area contributed by atoms with Crippen LogP contribution in [0, 0.1) is 26.9 Å². The van der Waals surface area contributed by atoms with E-state index in [1.54, 1.807) is 18.2 Å². The highest BCUT2D eigenvalue weighted by Gasteiger charge is 2.60. The monoisotopic (exact) mass is 300 g/mol. The third-order valence-corrected chi connectivity index (χ3v) is 5.67. The van der Waals surface area contributed by atoms with E-state index in [4.69, 9.17) is 0 Å². The van der Waals surface area contributed by atoms with Gasteiger partial charge in [0.25, 0.3) is 5.69 Å². The van der Waals surface area contributed by atoms with Gasteiger partial charge in [-0.05, 0) is 36.7 Å². The van der Waals surface area contributed by atoms with Crippen LogP contribution < -0.4 is 5.32 Å². The van der Waals surface area contributed by atoms with E-state index in [2.05, 4.69) is 25.7 Å². The SMILES string of the molecule is C=C1C(C)(C)[C@@H]2CC[C@]1(C(=O)Nc1ccccc1[N+](=O)[O-])C2. The highest BCUT2D eigenvalue weighted by Crippen LogP contribution is 2.65. The van der Waals surface area contributed by atoms with Gasteiger partial charge < -0.3 is 5.32 Å². The number of anilines is 1. The summed E-state index contributed by atoms with van der Waals surface area (Å²) >= 11 is 0. The Morgan fingerprint density at radius 1 is 1.41 bits per heavy atom. The number of para-hydroxylation sites is 2. The molecule has 3 rings (SSSR count). The van der Waals surface area contributed by atoms with Crippen LogP contribution in [0.4, 0.5) is 11.4 Å². The molecule has 0 heterocycles. The first-order valence-electron chi connectivity index (χ1n) is 7.54. The van der Waals surface area contributed by atoms with Crippen molar-refractivity contribution in [1.82, 2.24) is 0 Å². The highest BCUT2D eigenvalue weighted by atomic mass is 16.6. The van der Waals surface area contributed by atoms with Gasteiger partial charge in [-0.1, -0.05) is 38.1 Å². The van der Waals surface area contributed by atoms with Crippen LogP contribution in [0.2, 0.25) is 0 Å². The maximum absolute atomic E-state index is 12.9. The minimum Gasteiger partial charge on any atom is -0.320 e. The summed E-state index contributed by atoms with van der Waals surface area (Å²) in [6.45, 7) is 8.46. The Balaban J connectivity index is 1.91. The molecular formula is C17H20N2O3. The first-order valence-corrected chi connectivity index (χ1v) is 7.54. The van der Waals surface area contributed by atoms with Crippen molar-refractivity contribution in [1.29, 1.82) is 0 Å². The average Bonchev–Trinajstić information content (AvgIpc) is 2.99. The summed E-state index contributed by atoms with van der Waals surface area (Å²) in [5, 5.41) is 13.9. The third kappa shape index (κ3) is 1.88. The normalized spacial score (nSPS) is 28.6. The number of rotatable bonds is 3. The Morgan fingerprint density at radius 2 is 2.09 bits per heavy atom. The lowest BCUT2D eigenvalue weighted by atomic mass is 9.68. The van der Waals surface area contributed by atoms with Crippen molar-refractivity contribution >= 4 is 17.3 Å². The van der Waals surface area contributed by atoms with Crippen molar-refractivity contribution < 1.29 is 9.72 Å². The first-order chi connectivity index (χ1) is 10.3. The van der Waals surface area contributed by atoms with Crippen LogP contribution in [0.15, 0.2) is 36.4 Å². The number of hydrogen-bond donors (Lipinski definition) is 1. The first kappa shape index (κ1) is 14.8. The highest BCUT2D eigenvalue weighted by molar-refractivity contribution is 6.00. The molecule has 5 nitrogen and oxygen atoms in total. The molecule has 1 aromatic carbocycles. The number of nitro benzene ring substituents is 1. The quantitative estimate of drug-likeness (QED) is 0.522. The van der Waals surface area contributed by atoms with Gasteiger partial charge in [0.05, 0.1) is 10.3 Å². The molecule has 2 aliphatic carbocycles. The Hall–Kier alpha value is -2.17. The van der Waals surface area contributed by atoms with Crippen LogP contribution in [0.25, 0.3) is 0 Å². The van der Waals surface area contributed by atoms with Crippen LogP contribution in [-0.2, 0) is 4.79 Å². The van der Waals surface area contributed by atoms with Gasteiger partial charge in [0.15, 0.2) is 0 Å². The number of carbonyl (C=O) groups excluding carboxylic acids is 1. The van der Waals surface area contributed by atoms with Gasteiger partial charge in [-0.25, -0.2) is 0 Å². The molecule has 0 saturated heterocycles. The number of amides is 1. The zero-order valence-corrected chi connectivity index (χ0v) is 12.9. The second kappa shape index (κ2) is 4.66. The fraction of sp³-hybridized carbons (Fsp3) is 0.471. The lowest BCUT2D eigenvalue weighted by molar-refractivity contribution is -0.383. The second-order valence-electron chi connectivity index (χ2n) is 6.95. The van der Waals surface area contributed by atoms with Crippen LogP contribution in [0.3, 0.4) is 0 Å². The summed E-state index contributed by atoms with van der Waals surface area (Å²) in [6, 6.07) is 6.25. The van der Waals surface area contributed by atoms with Gasteiger partial charge in [0.2, 0.25) is 5.91 Å². The van der Waals surface area contributed by atoms with Gasteiger partial charge in [-0.15, -0.1) is 0 Å². The van der Waals surface area contributed by atoms with Crippen LogP contribution in [0.5, 0.6) is 0 Å². The van der Waals surface area contributed by atoms with Gasteiger partial charge >= 0.3 is 0 Å². The van der Waals surface area contributed by atoms with Gasteiger partial charge in [0, 0.05) is 6.07 Å². The van der Waals surface area contributed by atoms with E-state index in [9.17, 15) is 14.9 Å². The number of nitrogens with zero attached hydrogens (tertiary/aromatic N) is 1. The van der Waals surface area contributed by atoms with Crippen molar-refractivity contribution in [2.45, 2.75) is 33.1 Å². The van der Waals surface area contributed by atoms with E-state index in [-0.39, 0.29) is 22.7 Å². The molecule has 2 saturated carbocycles. The molecule has 116 valence electrons. The molecule has 2 fully saturated rings. The molecule has 1 amide bonds. The van der Waals surface area contributed by atoms with Crippen molar-refractivity contribution in [2.24, 2.45) is 16.7 Å². The number of nitro groups is 1. The lowest BCUT2D eigenvalue weighted by Gasteiger charge is -2.37. The number of nitrogens with one attached hydrogen (secondary N) is 1. The summed E-state index contributed by atoms with van der Waals surface area (Å²) in [7, 11) is 0. The molecule has 1 N–H and O–H groups in total. The van der Waals surface area contributed by atoms with Crippen LogP contribution in [0.1, 0.15) is 33.1 Å². The molecule has 0 aromatic heterocycles. The summed E-state index contributed by atoms with van der Waals surface area (Å²) < 4.78 is 0. The largest absolute Gasteiger partial charge is 0.320 e. The second-order valence-corrected chi connectivity index (χ2v) is 6.95. The molecule has 0 aliphatic heterocycles. The third-order valence-electron chi connectivity index (χ3n) is 5.67. The Morgan fingerprint density at radius 3 is 2.68 bits per heavy atom. The van der Waals surface area contributed by atoms with Crippen molar-refractivity contribution in [2.75, 3.05) is 5.32 Å². The van der Waals surface area contributed by atoms with E-state index in [0.717, 1.165) is 24.8 Å². The fourth-order valence-electron chi connectivity index (χ4n) is 4.12. The topological polar surface area (TPSA) is 72.2 Å². The average molecular weight is 300 g/mol. The smallest absolute Gasteiger partial charge is 0.292 e. The molecule has 22 heavy (non-hydrogen) atoms. The minimum absolute atomic E-state index is 0.0434. The number of benzene rings is 1. The van der Waals surface area contributed by atoms with Crippen molar-refractivity contribution in [3.8, 4) is 0 Å². The van der Waals surface area contributed by atoms with E-state index >= 15 is 0 Å². The van der Waals surface area contributed by atoms with Crippen molar-refractivity contribution in [3.63, 3.8) is 0 Å². The van der Waals surface area contributed by atoms with E-state index < -0.39 is 10.3 Å². The van der Waals surface area contributed by atoms with Crippen LogP contribution >= 0.6 is 0 Å². The molecule has 0 radical (unpaired) electrons. The molecule has 2 aliphatic rings. The van der Waals surface area contributed by atoms with Gasteiger partial charge in [-0.2, -0.15) is 0 Å². The van der Waals surface area contributed by atoms with Gasteiger partial charge in [0.1, 0.15) is 5.69 Å². The van der Waals surface area contributed by atoms with E-state index in [0.29, 0.717) is 5.92 Å². The Bertz CT molecular complexity index is 680. The predicted molar refractivity (Wildman–Crippen MR) is 84.4 cm³/mol. The molecule has 0 spiro atoms. The standard InChI is InChI=1S/C17H20N2O3/c1-11-16(2,3)12-8-9-17(11,10-12)15(20)18-13-6-4-5-7-14(13)19(21)22/h4-7,12H,1,8-10H2,2-3H3,(H,18,20)/t12-,17+/m1/s1. The number of fused-ring (bicyclic) bond motifs is 2. The molecular weight excluding hydrogens is 280 g/mol. The summed E-state index contributed by atoms with van der Waals surface area (Å²) in [4.78, 5) is 23.5. The van der Waals surface area contributed by atoms with Gasteiger partial charge in [-0.3, -0.25) is 14.9 Å². The Labute approximate surface area is 129 Å². The van der Waals surface area contributed by atoms with Crippen molar-refractivity contribution in [3.05, 3.63) is 46.5 Å². The predicted octanol–water partition coefficient (Wildman–Crippen LogP) is 3.92. The van der Waals surface area contributed by atoms with E-state index in [1.807, 2.05) is 0 Å². The zero-order chi connectivity index (χ0) is 16.1. The lowest BCUT2D eigenvalue weighted by Crippen LogP contribution is -2.37. The fourth-order valence-corrected chi connectivity index (χ4v) is 4.12. The zero-order valence-electron chi connectivity index (χ0n) is 12.9. The van der Waals surface area contributed by atoms with Crippen LogP contribution in [-0.4, -0.2) is 10.8 Å². The van der Waals surface area contributed by atoms with E-state index in [1.165, 1.54) is 6.07 Å². The summed E-state index contributed by atoms with van der Waals surface area (Å²) in [5.41, 5.74) is 0.528. The molecule has 5 heteroatoms. The molecule has 1 aromatic rings. The number of carbonyl (C=O) groups is 1.